The molecule has 0 saturated heterocycles. The minimum atomic E-state index is -0.374. The molecule has 0 saturated carbocycles. The van der Waals surface area contributed by atoms with Crippen molar-refractivity contribution in [1.29, 1.82) is 0 Å². The van der Waals surface area contributed by atoms with Crippen LogP contribution in [0.25, 0.3) is 6.08 Å². The van der Waals surface area contributed by atoms with Crippen LogP contribution >= 0.6 is 15.9 Å². The average Bonchev–Trinajstić information content (AvgIpc) is 2.49. The molecule has 2 rings (SSSR count). The SMILES string of the molecule is CC(=O)N/C(=C\c1ccccc1)C(=O)Nc1ccc(Br)cc1. The number of nitrogens with one attached hydrogen (secondary N) is 2. The van der Waals surface area contributed by atoms with Gasteiger partial charge in [0, 0.05) is 17.1 Å². The molecule has 4 nitrogen and oxygen atoms in total. The Morgan fingerprint density at radius 2 is 1.64 bits per heavy atom. The van der Waals surface area contributed by atoms with Gasteiger partial charge in [-0.3, -0.25) is 9.59 Å². The number of hydrogen-bond acceptors (Lipinski definition) is 2. The van der Waals surface area contributed by atoms with E-state index in [1.54, 1.807) is 18.2 Å². The summed E-state index contributed by atoms with van der Waals surface area (Å²) in [4.78, 5) is 23.6. The van der Waals surface area contributed by atoms with Crippen LogP contribution in [0.5, 0.6) is 0 Å². The maximum atomic E-state index is 12.3. The van der Waals surface area contributed by atoms with Gasteiger partial charge in [0.1, 0.15) is 5.70 Å². The molecule has 2 N–H and O–H groups in total. The molecule has 2 aromatic carbocycles. The predicted octanol–water partition coefficient (Wildman–Crippen LogP) is 3.56. The van der Waals surface area contributed by atoms with Crippen LogP contribution in [-0.2, 0) is 9.59 Å². The average molecular weight is 359 g/mol. The number of hydrogen-bond donors (Lipinski definition) is 2. The first-order chi connectivity index (χ1) is 10.5. The molecular weight excluding hydrogens is 344 g/mol. The zero-order valence-electron chi connectivity index (χ0n) is 12.0. The highest BCUT2D eigenvalue weighted by Gasteiger charge is 2.11. The molecule has 2 aromatic rings. The number of carbonyl (C=O) groups excluding carboxylic acids is 2. The highest BCUT2D eigenvalue weighted by Crippen LogP contribution is 2.15. The third kappa shape index (κ3) is 4.86. The molecule has 22 heavy (non-hydrogen) atoms. The zero-order chi connectivity index (χ0) is 15.9. The number of rotatable bonds is 4. The molecule has 0 aromatic heterocycles. The maximum absolute atomic E-state index is 12.3. The lowest BCUT2D eigenvalue weighted by Gasteiger charge is -2.10. The maximum Gasteiger partial charge on any atom is 0.272 e. The normalized spacial score (nSPS) is 10.9. The van der Waals surface area contributed by atoms with Gasteiger partial charge in [0.2, 0.25) is 5.91 Å². The van der Waals surface area contributed by atoms with E-state index in [9.17, 15) is 9.59 Å². The van der Waals surface area contributed by atoms with E-state index < -0.39 is 0 Å². The van der Waals surface area contributed by atoms with E-state index in [1.807, 2.05) is 42.5 Å². The largest absolute Gasteiger partial charge is 0.322 e. The highest BCUT2D eigenvalue weighted by atomic mass is 79.9. The van der Waals surface area contributed by atoms with Crippen molar-refractivity contribution in [2.75, 3.05) is 5.32 Å². The van der Waals surface area contributed by atoms with E-state index in [0.717, 1.165) is 10.0 Å². The summed E-state index contributed by atoms with van der Waals surface area (Å²) in [6, 6.07) is 16.5. The first-order valence-corrected chi connectivity index (χ1v) is 7.45. The van der Waals surface area contributed by atoms with E-state index >= 15 is 0 Å². The van der Waals surface area contributed by atoms with Gasteiger partial charge in [-0.1, -0.05) is 46.3 Å². The summed E-state index contributed by atoms with van der Waals surface area (Å²) >= 11 is 3.34. The number of halogens is 1. The Balaban J connectivity index is 2.21. The van der Waals surface area contributed by atoms with Crippen LogP contribution in [0.15, 0.2) is 64.8 Å². The van der Waals surface area contributed by atoms with Gasteiger partial charge < -0.3 is 10.6 Å². The Morgan fingerprint density at radius 1 is 1.00 bits per heavy atom. The fourth-order valence-corrected chi connectivity index (χ4v) is 2.06. The second-order valence-electron chi connectivity index (χ2n) is 4.61. The third-order valence-electron chi connectivity index (χ3n) is 2.77. The van der Waals surface area contributed by atoms with Crippen molar-refractivity contribution >= 4 is 39.5 Å². The van der Waals surface area contributed by atoms with E-state index in [2.05, 4.69) is 26.6 Å². The Morgan fingerprint density at radius 3 is 2.23 bits per heavy atom. The minimum absolute atomic E-state index is 0.196. The molecule has 0 atom stereocenters. The van der Waals surface area contributed by atoms with Crippen LogP contribution in [0.2, 0.25) is 0 Å². The molecule has 0 radical (unpaired) electrons. The number of anilines is 1. The van der Waals surface area contributed by atoms with Gasteiger partial charge in [-0.25, -0.2) is 0 Å². The molecule has 0 aliphatic rings. The van der Waals surface area contributed by atoms with Gasteiger partial charge >= 0.3 is 0 Å². The van der Waals surface area contributed by atoms with E-state index in [1.165, 1.54) is 6.92 Å². The summed E-state index contributed by atoms with van der Waals surface area (Å²) in [7, 11) is 0. The van der Waals surface area contributed by atoms with Crippen molar-refractivity contribution in [3.63, 3.8) is 0 Å². The minimum Gasteiger partial charge on any atom is -0.322 e. The molecule has 5 heteroatoms. The van der Waals surface area contributed by atoms with Gasteiger partial charge in [-0.05, 0) is 35.9 Å². The van der Waals surface area contributed by atoms with Crippen LogP contribution in [-0.4, -0.2) is 11.8 Å². The Kier molecular flexibility index (Phi) is 5.49. The Labute approximate surface area is 137 Å². The van der Waals surface area contributed by atoms with Crippen LogP contribution < -0.4 is 10.6 Å². The summed E-state index contributed by atoms with van der Waals surface area (Å²) < 4.78 is 0.924. The number of benzene rings is 2. The first-order valence-electron chi connectivity index (χ1n) is 6.66. The van der Waals surface area contributed by atoms with Gasteiger partial charge in [0.15, 0.2) is 0 Å². The van der Waals surface area contributed by atoms with Gasteiger partial charge in [-0.15, -0.1) is 0 Å². The van der Waals surface area contributed by atoms with E-state index in [4.69, 9.17) is 0 Å². The van der Waals surface area contributed by atoms with E-state index in [0.29, 0.717) is 5.69 Å². The quantitative estimate of drug-likeness (QED) is 0.820. The molecule has 0 aliphatic carbocycles. The number of carbonyl (C=O) groups is 2. The van der Waals surface area contributed by atoms with Crippen LogP contribution in [0.4, 0.5) is 5.69 Å². The molecule has 112 valence electrons. The van der Waals surface area contributed by atoms with Crippen LogP contribution in [0, 0.1) is 0 Å². The zero-order valence-corrected chi connectivity index (χ0v) is 13.6. The fourth-order valence-electron chi connectivity index (χ4n) is 1.80. The predicted molar refractivity (Wildman–Crippen MR) is 91.0 cm³/mol. The second kappa shape index (κ2) is 7.56. The summed E-state index contributed by atoms with van der Waals surface area (Å²) in [6.45, 7) is 1.37. The summed E-state index contributed by atoms with van der Waals surface area (Å²) in [5, 5.41) is 5.31. The third-order valence-corrected chi connectivity index (χ3v) is 3.30. The van der Waals surface area contributed by atoms with Crippen LogP contribution in [0.1, 0.15) is 12.5 Å². The molecule has 0 aliphatic heterocycles. The molecule has 0 spiro atoms. The van der Waals surface area contributed by atoms with E-state index in [-0.39, 0.29) is 17.5 Å². The molecule has 2 amide bonds. The Bertz CT molecular complexity index is 694. The fraction of sp³-hybridized carbons (Fsp3) is 0.0588. The lowest BCUT2D eigenvalue weighted by atomic mass is 10.2. The smallest absolute Gasteiger partial charge is 0.272 e. The lowest BCUT2D eigenvalue weighted by Crippen LogP contribution is -2.28. The molecule has 0 heterocycles. The van der Waals surface area contributed by atoms with Gasteiger partial charge in [0.25, 0.3) is 5.91 Å². The monoisotopic (exact) mass is 358 g/mol. The van der Waals surface area contributed by atoms with Crippen molar-refractivity contribution in [1.82, 2.24) is 5.32 Å². The Hall–Kier alpha value is -2.40. The molecule has 0 fully saturated rings. The van der Waals surface area contributed by atoms with Crippen LogP contribution in [0.3, 0.4) is 0 Å². The highest BCUT2D eigenvalue weighted by molar-refractivity contribution is 9.10. The summed E-state index contributed by atoms with van der Waals surface area (Å²) in [5.41, 5.74) is 1.68. The molecular formula is C17H15BrN2O2. The molecule has 0 bridgehead atoms. The van der Waals surface area contributed by atoms with Crippen molar-refractivity contribution < 1.29 is 9.59 Å². The van der Waals surface area contributed by atoms with Crippen molar-refractivity contribution in [2.45, 2.75) is 6.92 Å². The standard InChI is InChI=1S/C17H15BrN2O2/c1-12(21)19-16(11-13-5-3-2-4-6-13)17(22)20-15-9-7-14(18)8-10-15/h2-11H,1H3,(H,19,21)(H,20,22)/b16-11-. The first kappa shape index (κ1) is 16.0. The van der Waals surface area contributed by atoms with Crippen molar-refractivity contribution in [3.05, 3.63) is 70.3 Å². The lowest BCUT2D eigenvalue weighted by molar-refractivity contribution is -0.120. The second-order valence-corrected chi connectivity index (χ2v) is 5.53. The topological polar surface area (TPSA) is 58.2 Å². The van der Waals surface area contributed by atoms with Gasteiger partial charge in [-0.2, -0.15) is 0 Å². The number of amides is 2. The van der Waals surface area contributed by atoms with Gasteiger partial charge in [0.05, 0.1) is 0 Å². The summed E-state index contributed by atoms with van der Waals surface area (Å²) in [6.07, 6.45) is 1.63. The van der Waals surface area contributed by atoms with Crippen molar-refractivity contribution in [2.24, 2.45) is 0 Å². The molecule has 0 unspecified atom stereocenters. The van der Waals surface area contributed by atoms with Crippen molar-refractivity contribution in [3.8, 4) is 0 Å². The summed E-state index contributed by atoms with van der Waals surface area (Å²) in [5.74, 6) is -0.672.